The summed E-state index contributed by atoms with van der Waals surface area (Å²) >= 11 is 0. The van der Waals surface area contributed by atoms with Gasteiger partial charge in [-0.05, 0) is 12.8 Å². The summed E-state index contributed by atoms with van der Waals surface area (Å²) in [6.45, 7) is 0.634. The Kier molecular flexibility index (Phi) is 3.09. The fourth-order valence-electron chi connectivity index (χ4n) is 1.20. The highest BCUT2D eigenvalue weighted by molar-refractivity contribution is 4.70. The van der Waals surface area contributed by atoms with Crippen LogP contribution in [0.1, 0.15) is 12.8 Å². The van der Waals surface area contributed by atoms with E-state index in [1.54, 1.807) is 0 Å². The van der Waals surface area contributed by atoms with E-state index in [9.17, 15) is 4.39 Å². The Hall–Kier alpha value is -0.150. The summed E-state index contributed by atoms with van der Waals surface area (Å²) in [6.07, 6.45) is 1.03. The normalized spacial score (nSPS) is 30.0. The highest BCUT2D eigenvalue weighted by Crippen LogP contribution is 2.17. The number of ether oxygens (including phenoxy) is 1. The smallest absolute Gasteiger partial charge is 0.116 e. The minimum atomic E-state index is -0.805. The number of alkyl halides is 1. The van der Waals surface area contributed by atoms with Crippen molar-refractivity contribution in [3.05, 3.63) is 0 Å². The third-order valence-electron chi connectivity index (χ3n) is 1.90. The van der Waals surface area contributed by atoms with Crippen LogP contribution < -0.4 is 0 Å². The Morgan fingerprint density at radius 1 is 1.70 bits per heavy atom. The van der Waals surface area contributed by atoms with E-state index in [-0.39, 0.29) is 5.92 Å². The van der Waals surface area contributed by atoms with Gasteiger partial charge in [0.25, 0.3) is 0 Å². The van der Waals surface area contributed by atoms with Crippen molar-refractivity contribution in [3.8, 4) is 0 Å². The quantitative estimate of drug-likeness (QED) is 0.626. The Bertz CT molecular complexity index is 91.6. The second-order valence-electron chi connectivity index (χ2n) is 2.70. The van der Waals surface area contributed by atoms with E-state index < -0.39 is 12.8 Å². The summed E-state index contributed by atoms with van der Waals surface area (Å²) in [6, 6.07) is 0. The average Bonchev–Trinajstić information content (AvgIpc) is 2.05. The summed E-state index contributed by atoms with van der Waals surface area (Å²) in [5, 5.41) is 9.03. The molecule has 0 aromatic heterocycles. The predicted octanol–water partition coefficient (Wildman–Crippen LogP) is 0.743. The van der Waals surface area contributed by atoms with E-state index in [0.29, 0.717) is 6.61 Å². The summed E-state index contributed by atoms with van der Waals surface area (Å²) in [5.74, 6) is 0.0266. The summed E-state index contributed by atoms with van der Waals surface area (Å²) in [7, 11) is 0. The number of rotatable bonds is 2. The molecule has 1 aliphatic heterocycles. The molecular formula is C7H13FO2. The van der Waals surface area contributed by atoms with E-state index in [1.807, 2.05) is 0 Å². The lowest BCUT2D eigenvalue weighted by molar-refractivity contribution is -0.0173. The lowest BCUT2D eigenvalue weighted by atomic mass is 9.97. The fourth-order valence-corrected chi connectivity index (χ4v) is 1.20. The van der Waals surface area contributed by atoms with Crippen LogP contribution in [0.3, 0.4) is 0 Å². The van der Waals surface area contributed by atoms with Crippen LogP contribution in [-0.2, 0) is 4.74 Å². The van der Waals surface area contributed by atoms with E-state index in [4.69, 9.17) is 9.84 Å². The predicted molar refractivity (Wildman–Crippen MR) is 35.5 cm³/mol. The zero-order valence-electron chi connectivity index (χ0n) is 5.92. The van der Waals surface area contributed by atoms with Gasteiger partial charge in [0.1, 0.15) is 6.67 Å². The van der Waals surface area contributed by atoms with E-state index in [0.717, 1.165) is 19.4 Å². The van der Waals surface area contributed by atoms with E-state index >= 15 is 0 Å². The van der Waals surface area contributed by atoms with Crippen molar-refractivity contribution in [2.24, 2.45) is 5.92 Å². The minimum absolute atomic E-state index is 0.0266. The summed E-state index contributed by atoms with van der Waals surface area (Å²) in [4.78, 5) is 0. The van der Waals surface area contributed by atoms with Gasteiger partial charge in [0, 0.05) is 12.5 Å². The molecule has 1 aliphatic rings. The first kappa shape index (κ1) is 7.95. The lowest BCUT2D eigenvalue weighted by Gasteiger charge is -2.24. The van der Waals surface area contributed by atoms with Crippen LogP contribution in [0.5, 0.6) is 0 Å². The first-order chi connectivity index (χ1) is 4.84. The van der Waals surface area contributed by atoms with E-state index in [1.165, 1.54) is 0 Å². The van der Waals surface area contributed by atoms with Gasteiger partial charge in [-0.1, -0.05) is 0 Å². The third kappa shape index (κ3) is 1.92. The number of hydrogen-bond donors (Lipinski definition) is 1. The van der Waals surface area contributed by atoms with Crippen molar-refractivity contribution >= 4 is 0 Å². The molecule has 0 spiro atoms. The average molecular weight is 148 g/mol. The Labute approximate surface area is 60.0 Å². The molecule has 0 saturated carbocycles. The van der Waals surface area contributed by atoms with Crippen LogP contribution in [0.2, 0.25) is 0 Å². The lowest BCUT2D eigenvalue weighted by Crippen LogP contribution is -2.30. The number of aliphatic hydroxyl groups is 1. The molecule has 0 amide bonds. The number of halogens is 1. The van der Waals surface area contributed by atoms with Crippen molar-refractivity contribution in [2.45, 2.75) is 18.9 Å². The topological polar surface area (TPSA) is 29.5 Å². The highest BCUT2D eigenvalue weighted by atomic mass is 19.1. The highest BCUT2D eigenvalue weighted by Gasteiger charge is 2.21. The maximum atomic E-state index is 11.9. The largest absolute Gasteiger partial charge is 0.390 e. The fraction of sp³-hybridized carbons (Fsp3) is 1.00. The Balaban J connectivity index is 2.24. The summed E-state index contributed by atoms with van der Waals surface area (Å²) < 4.78 is 16.9. The molecule has 1 N–H and O–H groups in total. The number of aliphatic hydroxyl groups excluding tert-OH is 1. The third-order valence-corrected chi connectivity index (χ3v) is 1.90. The first-order valence-electron chi connectivity index (χ1n) is 3.66. The molecule has 10 heavy (non-hydrogen) atoms. The second kappa shape index (κ2) is 3.88. The molecule has 2 atom stereocenters. The van der Waals surface area contributed by atoms with Crippen molar-refractivity contribution in [3.63, 3.8) is 0 Å². The standard InChI is InChI=1S/C7H13FO2/c8-4-7(9)6-2-1-3-10-5-6/h6-7,9H,1-5H2. The molecule has 0 aromatic rings. The summed E-state index contributed by atoms with van der Waals surface area (Å²) in [5.41, 5.74) is 0. The van der Waals surface area contributed by atoms with E-state index in [2.05, 4.69) is 0 Å². The van der Waals surface area contributed by atoms with Gasteiger partial charge >= 0.3 is 0 Å². The van der Waals surface area contributed by atoms with Gasteiger partial charge < -0.3 is 9.84 Å². The molecule has 60 valence electrons. The SMILES string of the molecule is OC(CF)C1CCCOC1. The van der Waals surface area contributed by atoms with Gasteiger partial charge in [-0.3, -0.25) is 0 Å². The van der Waals surface area contributed by atoms with Gasteiger partial charge in [-0.15, -0.1) is 0 Å². The van der Waals surface area contributed by atoms with Crippen LogP contribution in [0.25, 0.3) is 0 Å². The molecule has 0 bridgehead atoms. The maximum Gasteiger partial charge on any atom is 0.116 e. The van der Waals surface area contributed by atoms with Crippen molar-refractivity contribution in [1.82, 2.24) is 0 Å². The molecule has 3 heteroatoms. The van der Waals surface area contributed by atoms with Crippen molar-refractivity contribution in [1.29, 1.82) is 0 Å². The van der Waals surface area contributed by atoms with Crippen molar-refractivity contribution < 1.29 is 14.2 Å². The van der Waals surface area contributed by atoms with Crippen molar-refractivity contribution in [2.75, 3.05) is 19.9 Å². The molecular weight excluding hydrogens is 135 g/mol. The molecule has 0 radical (unpaired) electrons. The molecule has 2 nitrogen and oxygen atoms in total. The van der Waals surface area contributed by atoms with Crippen LogP contribution in [-0.4, -0.2) is 31.1 Å². The Morgan fingerprint density at radius 2 is 2.50 bits per heavy atom. The molecule has 1 rings (SSSR count). The van der Waals surface area contributed by atoms with Gasteiger partial charge in [-0.2, -0.15) is 0 Å². The first-order valence-corrected chi connectivity index (χ1v) is 3.66. The Morgan fingerprint density at radius 3 is 3.00 bits per heavy atom. The molecule has 1 saturated heterocycles. The van der Waals surface area contributed by atoms with Gasteiger partial charge in [0.2, 0.25) is 0 Å². The van der Waals surface area contributed by atoms with Gasteiger partial charge in [0.05, 0.1) is 12.7 Å². The molecule has 1 fully saturated rings. The van der Waals surface area contributed by atoms with Crippen LogP contribution in [0.15, 0.2) is 0 Å². The zero-order valence-corrected chi connectivity index (χ0v) is 5.92. The monoisotopic (exact) mass is 148 g/mol. The van der Waals surface area contributed by atoms with Crippen LogP contribution in [0.4, 0.5) is 4.39 Å². The molecule has 2 unspecified atom stereocenters. The van der Waals surface area contributed by atoms with Gasteiger partial charge in [0.15, 0.2) is 0 Å². The maximum absolute atomic E-state index is 11.9. The van der Waals surface area contributed by atoms with Crippen LogP contribution >= 0.6 is 0 Å². The van der Waals surface area contributed by atoms with Gasteiger partial charge in [-0.25, -0.2) is 4.39 Å². The molecule has 0 aromatic carbocycles. The number of hydrogen-bond acceptors (Lipinski definition) is 2. The van der Waals surface area contributed by atoms with Crippen LogP contribution in [0, 0.1) is 5.92 Å². The zero-order chi connectivity index (χ0) is 7.40. The molecule has 1 heterocycles. The second-order valence-corrected chi connectivity index (χ2v) is 2.70. The minimum Gasteiger partial charge on any atom is -0.390 e. The molecule has 0 aliphatic carbocycles.